The number of hydrogen-bond donors (Lipinski definition) is 0. The summed E-state index contributed by atoms with van der Waals surface area (Å²) in [7, 11) is 1.21. The largest absolute Gasteiger partial charge is 0.489 e. The van der Waals surface area contributed by atoms with Crippen LogP contribution >= 0.6 is 11.8 Å². The second-order valence-electron chi connectivity index (χ2n) is 5.69. The first-order valence-electron chi connectivity index (χ1n) is 8.16. The van der Waals surface area contributed by atoms with Gasteiger partial charge in [0.05, 0.1) is 12.0 Å². The molecule has 7 heteroatoms. The molecule has 2 amide bonds. The van der Waals surface area contributed by atoms with Gasteiger partial charge in [-0.25, -0.2) is 0 Å². The van der Waals surface area contributed by atoms with Crippen molar-refractivity contribution in [3.63, 3.8) is 0 Å². The van der Waals surface area contributed by atoms with Crippen molar-refractivity contribution in [1.29, 1.82) is 0 Å². The van der Waals surface area contributed by atoms with Crippen LogP contribution in [0.4, 0.5) is 4.79 Å². The maximum Gasteiger partial charge on any atom is 0.325 e. The number of hydrogen-bond acceptors (Lipinski definition) is 6. The van der Waals surface area contributed by atoms with Crippen LogP contribution in [0.2, 0.25) is 0 Å². The first-order valence-corrected chi connectivity index (χ1v) is 8.97. The average molecular weight is 383 g/mol. The monoisotopic (exact) mass is 383 g/mol. The number of benzene rings is 2. The minimum absolute atomic E-state index is 0.254. The normalized spacial score (nSPS) is 15.3. The summed E-state index contributed by atoms with van der Waals surface area (Å²) in [5.41, 5.74) is 1.77. The van der Waals surface area contributed by atoms with Crippen molar-refractivity contribution in [2.45, 2.75) is 6.61 Å². The molecule has 1 saturated heterocycles. The highest BCUT2D eigenvalue weighted by atomic mass is 32.2. The second kappa shape index (κ2) is 8.55. The van der Waals surface area contributed by atoms with E-state index in [1.807, 2.05) is 48.5 Å². The zero-order chi connectivity index (χ0) is 19.2. The Kier molecular flexibility index (Phi) is 5.93. The van der Waals surface area contributed by atoms with E-state index in [9.17, 15) is 14.4 Å². The highest BCUT2D eigenvalue weighted by Gasteiger charge is 2.36. The van der Waals surface area contributed by atoms with Crippen molar-refractivity contribution in [3.8, 4) is 5.75 Å². The Balaban J connectivity index is 1.70. The van der Waals surface area contributed by atoms with E-state index in [-0.39, 0.29) is 4.91 Å². The quantitative estimate of drug-likeness (QED) is 0.562. The summed E-state index contributed by atoms with van der Waals surface area (Å²) in [6.45, 7) is 0.0403. The van der Waals surface area contributed by atoms with Gasteiger partial charge in [0.15, 0.2) is 0 Å². The Morgan fingerprint density at radius 2 is 1.89 bits per heavy atom. The molecular formula is C20H17NO5S. The molecule has 27 heavy (non-hydrogen) atoms. The third-order valence-corrected chi connectivity index (χ3v) is 4.70. The molecule has 1 heterocycles. The SMILES string of the molecule is COC(=O)CN1C(=O)S/C(=C/c2cccc(OCc3ccccc3)c2)C1=O. The van der Waals surface area contributed by atoms with Crippen molar-refractivity contribution in [1.82, 2.24) is 4.90 Å². The predicted molar refractivity (Wildman–Crippen MR) is 102 cm³/mol. The standard InChI is InChI=1S/C20H17NO5S/c1-25-18(22)12-21-19(23)17(27-20(21)24)11-15-8-5-9-16(10-15)26-13-14-6-3-2-4-7-14/h2-11H,12-13H2,1H3/b17-11+. The number of amides is 2. The molecule has 3 rings (SSSR count). The van der Waals surface area contributed by atoms with Gasteiger partial charge in [0.25, 0.3) is 11.1 Å². The number of methoxy groups -OCH3 is 1. The van der Waals surface area contributed by atoms with Crippen molar-refractivity contribution >= 4 is 35.0 Å². The van der Waals surface area contributed by atoms with E-state index in [4.69, 9.17) is 4.74 Å². The minimum Gasteiger partial charge on any atom is -0.489 e. The second-order valence-corrected chi connectivity index (χ2v) is 6.68. The average Bonchev–Trinajstić information content (AvgIpc) is 2.94. The van der Waals surface area contributed by atoms with Gasteiger partial charge in [0.1, 0.15) is 18.9 Å². The molecule has 0 atom stereocenters. The molecule has 2 aromatic carbocycles. The summed E-state index contributed by atoms with van der Waals surface area (Å²) < 4.78 is 10.3. The molecular weight excluding hydrogens is 366 g/mol. The smallest absolute Gasteiger partial charge is 0.325 e. The Hall–Kier alpha value is -3.06. The maximum atomic E-state index is 12.3. The van der Waals surface area contributed by atoms with E-state index in [0.717, 1.165) is 27.8 Å². The predicted octanol–water partition coefficient (Wildman–Crippen LogP) is 3.47. The molecule has 0 saturated carbocycles. The van der Waals surface area contributed by atoms with Crippen LogP contribution in [0.25, 0.3) is 6.08 Å². The van der Waals surface area contributed by atoms with Gasteiger partial charge in [0.2, 0.25) is 0 Å². The van der Waals surface area contributed by atoms with Gasteiger partial charge < -0.3 is 9.47 Å². The van der Waals surface area contributed by atoms with E-state index in [1.54, 1.807) is 12.1 Å². The highest BCUT2D eigenvalue weighted by Crippen LogP contribution is 2.32. The number of imide groups is 1. The summed E-state index contributed by atoms with van der Waals surface area (Å²) in [5.74, 6) is -0.498. The molecule has 6 nitrogen and oxygen atoms in total. The highest BCUT2D eigenvalue weighted by molar-refractivity contribution is 8.18. The molecule has 1 aliphatic rings. The molecule has 0 bridgehead atoms. The molecule has 0 unspecified atom stereocenters. The summed E-state index contributed by atoms with van der Waals surface area (Å²) in [4.78, 5) is 36.8. The molecule has 1 aliphatic heterocycles. The van der Waals surface area contributed by atoms with Crippen LogP contribution in [-0.2, 0) is 20.9 Å². The fraction of sp³-hybridized carbons (Fsp3) is 0.150. The number of ether oxygens (including phenoxy) is 2. The van der Waals surface area contributed by atoms with Crippen molar-refractivity contribution in [2.24, 2.45) is 0 Å². The van der Waals surface area contributed by atoms with Gasteiger partial charge in [0, 0.05) is 0 Å². The Labute approximate surface area is 160 Å². The lowest BCUT2D eigenvalue weighted by Gasteiger charge is -2.09. The number of carbonyl (C=O) groups is 3. The van der Waals surface area contributed by atoms with Crippen molar-refractivity contribution < 1.29 is 23.9 Å². The van der Waals surface area contributed by atoms with Crippen LogP contribution in [0.15, 0.2) is 59.5 Å². The third-order valence-electron chi connectivity index (χ3n) is 3.79. The molecule has 0 aliphatic carbocycles. The van der Waals surface area contributed by atoms with Gasteiger partial charge in [-0.1, -0.05) is 42.5 Å². The topological polar surface area (TPSA) is 72.9 Å². The molecule has 0 aromatic heterocycles. The van der Waals surface area contributed by atoms with E-state index >= 15 is 0 Å². The van der Waals surface area contributed by atoms with Crippen LogP contribution in [0, 0.1) is 0 Å². The molecule has 0 radical (unpaired) electrons. The molecule has 1 fully saturated rings. The maximum absolute atomic E-state index is 12.3. The minimum atomic E-state index is -0.644. The first-order chi connectivity index (χ1) is 13.1. The van der Waals surface area contributed by atoms with E-state index < -0.39 is 23.7 Å². The summed E-state index contributed by atoms with van der Waals surface area (Å²) >= 11 is 0.795. The lowest BCUT2D eigenvalue weighted by molar-refractivity contribution is -0.143. The summed E-state index contributed by atoms with van der Waals surface area (Å²) in [6.07, 6.45) is 1.61. The van der Waals surface area contributed by atoms with E-state index in [1.165, 1.54) is 7.11 Å². The van der Waals surface area contributed by atoms with Gasteiger partial charge in [-0.15, -0.1) is 0 Å². The molecule has 138 valence electrons. The Morgan fingerprint density at radius 3 is 2.63 bits per heavy atom. The van der Waals surface area contributed by atoms with Crippen LogP contribution in [0.1, 0.15) is 11.1 Å². The first kappa shape index (κ1) is 18.7. The van der Waals surface area contributed by atoms with Crippen molar-refractivity contribution in [3.05, 3.63) is 70.6 Å². The molecule has 2 aromatic rings. The fourth-order valence-electron chi connectivity index (χ4n) is 2.42. The van der Waals surface area contributed by atoms with Gasteiger partial charge in [-0.3, -0.25) is 19.3 Å². The zero-order valence-electron chi connectivity index (χ0n) is 14.6. The van der Waals surface area contributed by atoms with E-state index in [2.05, 4.69) is 4.74 Å². The molecule has 0 N–H and O–H groups in total. The van der Waals surface area contributed by atoms with E-state index in [0.29, 0.717) is 12.4 Å². The van der Waals surface area contributed by atoms with Gasteiger partial charge >= 0.3 is 5.97 Å². The zero-order valence-corrected chi connectivity index (χ0v) is 15.4. The Morgan fingerprint density at radius 1 is 1.11 bits per heavy atom. The molecule has 0 spiro atoms. The fourth-order valence-corrected chi connectivity index (χ4v) is 3.25. The number of thioether (sulfide) groups is 1. The number of nitrogens with zero attached hydrogens (tertiary/aromatic N) is 1. The number of carbonyl (C=O) groups excluding carboxylic acids is 3. The third kappa shape index (κ3) is 4.77. The lowest BCUT2D eigenvalue weighted by atomic mass is 10.2. The van der Waals surface area contributed by atoms with Crippen LogP contribution in [0.3, 0.4) is 0 Å². The Bertz CT molecular complexity index is 894. The van der Waals surface area contributed by atoms with Gasteiger partial charge in [-0.2, -0.15) is 0 Å². The summed E-state index contributed by atoms with van der Waals surface area (Å²) in [5, 5.41) is -0.492. The van der Waals surface area contributed by atoms with Crippen LogP contribution in [0.5, 0.6) is 5.75 Å². The number of esters is 1. The van der Waals surface area contributed by atoms with Crippen LogP contribution in [-0.4, -0.2) is 35.7 Å². The lowest BCUT2D eigenvalue weighted by Crippen LogP contribution is -2.34. The van der Waals surface area contributed by atoms with Gasteiger partial charge in [-0.05, 0) is 41.1 Å². The van der Waals surface area contributed by atoms with Crippen molar-refractivity contribution in [2.75, 3.05) is 13.7 Å². The van der Waals surface area contributed by atoms with Crippen LogP contribution < -0.4 is 4.74 Å². The number of rotatable bonds is 6. The summed E-state index contributed by atoms with van der Waals surface area (Å²) in [6, 6.07) is 17.0.